The lowest BCUT2D eigenvalue weighted by Crippen LogP contribution is -2.43. The molecule has 5 nitrogen and oxygen atoms in total. The Bertz CT molecular complexity index is 1060. The number of benzene rings is 3. The van der Waals surface area contributed by atoms with Crippen LogP contribution in [0, 0.1) is 6.92 Å². The van der Waals surface area contributed by atoms with Crippen molar-refractivity contribution in [1.29, 1.82) is 0 Å². The fourth-order valence-corrected chi connectivity index (χ4v) is 3.74. The molecular weight excluding hydrogens is 378 g/mol. The normalized spacial score (nSPS) is 17.7. The Morgan fingerprint density at radius 1 is 0.967 bits per heavy atom. The first-order chi connectivity index (χ1) is 14.5. The van der Waals surface area contributed by atoms with Crippen molar-refractivity contribution in [2.45, 2.75) is 18.9 Å². The van der Waals surface area contributed by atoms with Crippen LogP contribution in [0.4, 0.5) is 5.69 Å². The highest BCUT2D eigenvalue weighted by Gasteiger charge is 2.50. The monoisotopic (exact) mass is 401 g/mol. The number of carbonyl (C=O) groups excluding carboxylic acids is 2. The molecule has 4 rings (SSSR count). The Balaban J connectivity index is 1.54. The lowest BCUT2D eigenvalue weighted by molar-refractivity contribution is -0.135. The predicted molar refractivity (Wildman–Crippen MR) is 115 cm³/mol. The molecule has 30 heavy (non-hydrogen) atoms. The third-order valence-corrected chi connectivity index (χ3v) is 5.36. The van der Waals surface area contributed by atoms with Gasteiger partial charge in [-0.25, -0.2) is 0 Å². The van der Waals surface area contributed by atoms with Gasteiger partial charge in [0, 0.05) is 11.1 Å². The summed E-state index contributed by atoms with van der Waals surface area (Å²) in [4.78, 5) is 27.5. The molecule has 0 bridgehead atoms. The number of nitrogens with zero attached hydrogens (tertiary/aromatic N) is 1. The van der Waals surface area contributed by atoms with Crippen LogP contribution in [0.1, 0.15) is 27.9 Å². The van der Waals surface area contributed by atoms with Crippen molar-refractivity contribution in [1.82, 2.24) is 0 Å². The number of hydrogen-bond acceptors (Lipinski definition) is 4. The molecule has 5 heteroatoms. The molecule has 0 spiro atoms. The van der Waals surface area contributed by atoms with Gasteiger partial charge in [0.25, 0.3) is 5.91 Å². The number of rotatable bonds is 7. The number of fused-ring (bicyclic) bond motifs is 1. The summed E-state index contributed by atoms with van der Waals surface area (Å²) in [6.45, 7) is 2.48. The van der Waals surface area contributed by atoms with Gasteiger partial charge < -0.3 is 14.7 Å². The van der Waals surface area contributed by atoms with E-state index in [9.17, 15) is 14.7 Å². The summed E-state index contributed by atoms with van der Waals surface area (Å²) in [6, 6.07) is 23.5. The lowest BCUT2D eigenvalue weighted by Gasteiger charge is -2.23. The van der Waals surface area contributed by atoms with E-state index in [1.54, 1.807) is 30.3 Å². The minimum absolute atomic E-state index is 0.270. The van der Waals surface area contributed by atoms with Crippen LogP contribution < -0.4 is 9.64 Å². The summed E-state index contributed by atoms with van der Waals surface area (Å²) >= 11 is 0. The Kier molecular flexibility index (Phi) is 5.38. The molecule has 1 aliphatic heterocycles. The van der Waals surface area contributed by atoms with Gasteiger partial charge in [0.15, 0.2) is 11.4 Å². The molecule has 0 radical (unpaired) electrons. The van der Waals surface area contributed by atoms with Gasteiger partial charge >= 0.3 is 0 Å². The third kappa shape index (κ3) is 3.72. The van der Waals surface area contributed by atoms with Crippen molar-refractivity contribution in [3.8, 4) is 5.75 Å². The minimum Gasteiger partial charge on any atom is -0.492 e. The molecule has 1 amide bonds. The van der Waals surface area contributed by atoms with Crippen LogP contribution in [-0.2, 0) is 10.4 Å². The number of Topliss-reactive ketones (excluding diaryl/α,β-unsaturated/α-hetero) is 1. The van der Waals surface area contributed by atoms with Gasteiger partial charge in [0.1, 0.15) is 12.4 Å². The molecule has 0 saturated carbocycles. The molecule has 3 aromatic rings. The van der Waals surface area contributed by atoms with E-state index < -0.39 is 11.5 Å². The van der Waals surface area contributed by atoms with E-state index in [1.165, 1.54) is 4.90 Å². The second-order valence-electron chi connectivity index (χ2n) is 7.46. The van der Waals surface area contributed by atoms with E-state index in [4.69, 9.17) is 4.74 Å². The first-order valence-corrected chi connectivity index (χ1v) is 9.90. The maximum atomic E-state index is 13.2. The van der Waals surface area contributed by atoms with Crippen LogP contribution in [0.5, 0.6) is 5.75 Å². The van der Waals surface area contributed by atoms with Crippen LogP contribution >= 0.6 is 0 Å². The van der Waals surface area contributed by atoms with E-state index in [2.05, 4.69) is 0 Å². The highest BCUT2D eigenvalue weighted by atomic mass is 16.5. The maximum absolute atomic E-state index is 13.2. The van der Waals surface area contributed by atoms with Crippen LogP contribution in [0.25, 0.3) is 0 Å². The van der Waals surface area contributed by atoms with Crippen LogP contribution in [0.15, 0.2) is 78.9 Å². The predicted octanol–water partition coefficient (Wildman–Crippen LogP) is 3.88. The SMILES string of the molecule is Cc1ccc(C(=O)C[C@@]2(O)C(=O)N(CCOc3ccccc3)c3ccccc32)cc1. The molecule has 0 saturated heterocycles. The zero-order valence-corrected chi connectivity index (χ0v) is 16.7. The summed E-state index contributed by atoms with van der Waals surface area (Å²) in [5.74, 6) is -0.0638. The Hall–Kier alpha value is -3.44. The van der Waals surface area contributed by atoms with Gasteiger partial charge in [-0.15, -0.1) is 0 Å². The smallest absolute Gasteiger partial charge is 0.264 e. The average molecular weight is 401 g/mol. The molecule has 1 atom stereocenters. The van der Waals surface area contributed by atoms with Gasteiger partial charge in [0.2, 0.25) is 0 Å². The fourth-order valence-electron chi connectivity index (χ4n) is 3.74. The molecule has 0 aromatic heterocycles. The highest BCUT2D eigenvalue weighted by Crippen LogP contribution is 2.42. The van der Waals surface area contributed by atoms with Crippen LogP contribution in [-0.4, -0.2) is 29.9 Å². The second kappa shape index (κ2) is 8.13. The molecule has 0 fully saturated rings. The van der Waals surface area contributed by atoms with Gasteiger partial charge in [-0.05, 0) is 25.1 Å². The molecule has 3 aromatic carbocycles. The van der Waals surface area contributed by atoms with Crippen molar-refractivity contribution in [3.63, 3.8) is 0 Å². The average Bonchev–Trinajstić information content (AvgIpc) is 2.97. The summed E-state index contributed by atoms with van der Waals surface area (Å²) in [5.41, 5.74) is 0.696. The molecule has 152 valence electrons. The fraction of sp³-hybridized carbons (Fsp3) is 0.200. The number of aryl methyl sites for hydroxylation is 1. The van der Waals surface area contributed by atoms with E-state index in [0.717, 1.165) is 5.56 Å². The topological polar surface area (TPSA) is 66.8 Å². The Labute approximate surface area is 175 Å². The number of hydrogen-bond donors (Lipinski definition) is 1. The van der Waals surface area contributed by atoms with Crippen LogP contribution in [0.2, 0.25) is 0 Å². The van der Waals surface area contributed by atoms with Crippen molar-refractivity contribution >= 4 is 17.4 Å². The van der Waals surface area contributed by atoms with E-state index in [0.29, 0.717) is 22.6 Å². The number of aliphatic hydroxyl groups is 1. The standard InChI is InChI=1S/C25H23NO4/c1-18-11-13-19(14-12-18)23(27)17-25(29)21-9-5-6-10-22(21)26(24(25)28)15-16-30-20-7-3-2-4-8-20/h2-14,29H,15-17H2,1H3/t25-/m0/s1. The van der Waals surface area contributed by atoms with E-state index in [1.807, 2.05) is 55.5 Å². The van der Waals surface area contributed by atoms with Crippen LogP contribution in [0.3, 0.4) is 0 Å². The van der Waals surface area contributed by atoms with Gasteiger partial charge in [-0.3, -0.25) is 9.59 Å². The number of ketones is 1. The zero-order chi connectivity index (χ0) is 21.1. The molecule has 1 heterocycles. The Morgan fingerprint density at radius 3 is 2.37 bits per heavy atom. The highest BCUT2D eigenvalue weighted by molar-refractivity contribution is 6.10. The van der Waals surface area contributed by atoms with Gasteiger partial charge in [0.05, 0.1) is 18.7 Å². The molecule has 1 N–H and O–H groups in total. The number of amides is 1. The second-order valence-corrected chi connectivity index (χ2v) is 7.46. The van der Waals surface area contributed by atoms with Gasteiger partial charge in [-0.2, -0.15) is 0 Å². The summed E-state index contributed by atoms with van der Waals surface area (Å²) < 4.78 is 5.72. The third-order valence-electron chi connectivity index (χ3n) is 5.36. The van der Waals surface area contributed by atoms with Crippen molar-refractivity contribution in [2.75, 3.05) is 18.1 Å². The first kappa shape index (κ1) is 19.9. The van der Waals surface area contributed by atoms with Crippen molar-refractivity contribution in [2.24, 2.45) is 0 Å². The Morgan fingerprint density at radius 2 is 1.63 bits per heavy atom. The summed E-state index contributed by atoms with van der Waals surface area (Å²) in [5, 5.41) is 11.3. The number of carbonyl (C=O) groups is 2. The van der Waals surface area contributed by atoms with Crippen molar-refractivity contribution in [3.05, 3.63) is 95.6 Å². The first-order valence-electron chi connectivity index (χ1n) is 9.90. The number of ether oxygens (including phenoxy) is 1. The molecular formula is C25H23NO4. The number of anilines is 1. The minimum atomic E-state index is -1.88. The molecule has 0 aliphatic carbocycles. The van der Waals surface area contributed by atoms with Crippen molar-refractivity contribution < 1.29 is 19.4 Å². The molecule has 1 aliphatic rings. The van der Waals surface area contributed by atoms with E-state index in [-0.39, 0.29) is 25.4 Å². The lowest BCUT2D eigenvalue weighted by atomic mass is 9.88. The molecule has 0 unspecified atom stereocenters. The van der Waals surface area contributed by atoms with Gasteiger partial charge in [-0.1, -0.05) is 66.2 Å². The van der Waals surface area contributed by atoms with E-state index >= 15 is 0 Å². The summed E-state index contributed by atoms with van der Waals surface area (Å²) in [7, 11) is 0. The maximum Gasteiger partial charge on any atom is 0.264 e. The quantitative estimate of drug-likeness (QED) is 0.610. The summed E-state index contributed by atoms with van der Waals surface area (Å²) in [6.07, 6.45) is -0.304. The largest absolute Gasteiger partial charge is 0.492 e. The number of para-hydroxylation sites is 2. The zero-order valence-electron chi connectivity index (χ0n) is 16.7.